The Hall–Kier alpha value is -3.81. The molecule has 3 aliphatic rings. The summed E-state index contributed by atoms with van der Waals surface area (Å²) < 4.78 is 17.2. The number of aromatic nitrogens is 2. The van der Waals surface area contributed by atoms with Gasteiger partial charge in [-0.15, -0.1) is 0 Å². The number of carbonyl (C=O) groups excluding carboxylic acids is 3. The normalized spacial score (nSPS) is 20.2. The Morgan fingerprint density at radius 3 is 2.48 bits per heavy atom. The number of rotatable bonds is 4. The number of carbonyl (C=O) groups is 3. The second kappa shape index (κ2) is 7.37. The van der Waals surface area contributed by atoms with Crippen molar-refractivity contribution in [2.45, 2.75) is 44.3 Å². The van der Waals surface area contributed by atoms with Crippen molar-refractivity contribution < 1.29 is 18.8 Å². The third kappa shape index (κ3) is 3.33. The Morgan fingerprint density at radius 1 is 0.970 bits per heavy atom. The van der Waals surface area contributed by atoms with Crippen molar-refractivity contribution in [1.82, 2.24) is 20.0 Å². The molecule has 3 aromatic rings. The molecule has 3 amide bonds. The molecule has 0 spiro atoms. The average Bonchev–Trinajstić information content (AvgIpc) is 3.49. The molecular formula is C25H21FN4O3. The lowest BCUT2D eigenvalue weighted by Crippen LogP contribution is -2.52. The van der Waals surface area contributed by atoms with Gasteiger partial charge in [0.1, 0.15) is 11.9 Å². The Labute approximate surface area is 189 Å². The van der Waals surface area contributed by atoms with Crippen molar-refractivity contribution in [2.75, 3.05) is 0 Å². The topological polar surface area (TPSA) is 84.3 Å². The van der Waals surface area contributed by atoms with Crippen LogP contribution in [0.4, 0.5) is 4.39 Å². The average molecular weight is 444 g/mol. The molecule has 1 aromatic heterocycles. The maximum absolute atomic E-state index is 15.2. The fraction of sp³-hybridized carbons (Fsp3) is 0.280. The van der Waals surface area contributed by atoms with Crippen molar-refractivity contribution in [3.8, 4) is 22.5 Å². The summed E-state index contributed by atoms with van der Waals surface area (Å²) in [7, 11) is 0. The number of hydrogen-bond acceptors (Lipinski definition) is 4. The van der Waals surface area contributed by atoms with Crippen LogP contribution < -0.4 is 5.32 Å². The summed E-state index contributed by atoms with van der Waals surface area (Å²) in [5.41, 5.74) is 3.73. The van der Waals surface area contributed by atoms with E-state index in [9.17, 15) is 14.4 Å². The zero-order valence-electron chi connectivity index (χ0n) is 17.8. The van der Waals surface area contributed by atoms with Gasteiger partial charge in [0.25, 0.3) is 5.91 Å². The van der Waals surface area contributed by atoms with E-state index >= 15 is 4.39 Å². The fourth-order valence-electron chi connectivity index (χ4n) is 4.73. The van der Waals surface area contributed by atoms with Gasteiger partial charge >= 0.3 is 0 Å². The highest BCUT2D eigenvalue weighted by molar-refractivity contribution is 6.05. The van der Waals surface area contributed by atoms with E-state index in [1.54, 1.807) is 6.07 Å². The molecule has 3 heterocycles. The lowest BCUT2D eigenvalue weighted by atomic mass is 10.0. The van der Waals surface area contributed by atoms with Gasteiger partial charge in [0.05, 0.1) is 17.4 Å². The molecule has 1 atom stereocenters. The summed E-state index contributed by atoms with van der Waals surface area (Å²) in [6.07, 6.45) is 2.54. The summed E-state index contributed by atoms with van der Waals surface area (Å²) in [6.45, 7) is 0.197. The van der Waals surface area contributed by atoms with Gasteiger partial charge in [-0.2, -0.15) is 5.10 Å². The zero-order valence-corrected chi connectivity index (χ0v) is 17.8. The van der Waals surface area contributed by atoms with E-state index in [4.69, 9.17) is 5.10 Å². The van der Waals surface area contributed by atoms with Gasteiger partial charge in [-0.05, 0) is 48.6 Å². The van der Waals surface area contributed by atoms with Crippen LogP contribution in [0, 0.1) is 5.82 Å². The minimum atomic E-state index is -0.729. The largest absolute Gasteiger partial charge is 0.322 e. The second-order valence-corrected chi connectivity index (χ2v) is 8.85. The Kier molecular flexibility index (Phi) is 4.43. The van der Waals surface area contributed by atoms with Crippen molar-refractivity contribution >= 4 is 17.7 Å². The van der Waals surface area contributed by atoms with Gasteiger partial charge in [-0.1, -0.05) is 30.3 Å². The van der Waals surface area contributed by atoms with Crippen molar-refractivity contribution in [3.63, 3.8) is 0 Å². The molecule has 0 radical (unpaired) electrons. The minimum Gasteiger partial charge on any atom is -0.322 e. The summed E-state index contributed by atoms with van der Waals surface area (Å²) in [6, 6.07) is 14.3. The Bertz CT molecular complexity index is 1310. The molecule has 33 heavy (non-hydrogen) atoms. The molecule has 166 valence electrons. The Balaban J connectivity index is 1.36. The maximum Gasteiger partial charge on any atom is 0.255 e. The molecule has 6 rings (SSSR count). The van der Waals surface area contributed by atoms with Crippen LogP contribution in [0.1, 0.15) is 47.6 Å². The monoisotopic (exact) mass is 444 g/mol. The van der Waals surface area contributed by atoms with Crippen LogP contribution >= 0.6 is 0 Å². The first kappa shape index (κ1) is 19.8. The maximum atomic E-state index is 15.2. The lowest BCUT2D eigenvalue weighted by Gasteiger charge is -2.29. The molecule has 1 aliphatic carbocycles. The molecule has 2 aromatic carbocycles. The van der Waals surface area contributed by atoms with Gasteiger partial charge in [-0.25, -0.2) is 4.39 Å². The van der Waals surface area contributed by atoms with Gasteiger partial charge in [0.2, 0.25) is 11.8 Å². The van der Waals surface area contributed by atoms with Crippen molar-refractivity contribution in [2.24, 2.45) is 0 Å². The number of nitrogens with zero attached hydrogens (tertiary/aromatic N) is 3. The van der Waals surface area contributed by atoms with Gasteiger partial charge in [-0.3, -0.25) is 24.4 Å². The van der Waals surface area contributed by atoms with Gasteiger partial charge < -0.3 is 4.90 Å². The fourth-order valence-corrected chi connectivity index (χ4v) is 4.73. The SMILES string of the molecule is O=C1CCC(N2Cc3cc(-c4cc(-c5ccccc5)n(C5CC5)n4)c(F)cc3C2=O)C(=O)N1. The molecule has 0 bridgehead atoms. The summed E-state index contributed by atoms with van der Waals surface area (Å²) in [4.78, 5) is 38.1. The van der Waals surface area contributed by atoms with Crippen LogP contribution in [-0.4, -0.2) is 38.4 Å². The molecule has 2 fully saturated rings. The van der Waals surface area contributed by atoms with Crippen LogP contribution in [0.3, 0.4) is 0 Å². The zero-order chi connectivity index (χ0) is 22.7. The van der Waals surface area contributed by atoms with E-state index in [1.165, 1.54) is 11.0 Å². The van der Waals surface area contributed by atoms with E-state index in [0.717, 1.165) is 24.1 Å². The van der Waals surface area contributed by atoms with E-state index < -0.39 is 23.7 Å². The van der Waals surface area contributed by atoms with E-state index in [0.29, 0.717) is 22.9 Å². The third-order valence-electron chi connectivity index (χ3n) is 6.59. The lowest BCUT2D eigenvalue weighted by molar-refractivity contribution is -0.136. The molecule has 1 saturated heterocycles. The molecule has 1 saturated carbocycles. The van der Waals surface area contributed by atoms with Crippen LogP contribution in [0.15, 0.2) is 48.5 Å². The number of benzene rings is 2. The third-order valence-corrected chi connectivity index (χ3v) is 6.59. The van der Waals surface area contributed by atoms with Crippen LogP contribution in [0.5, 0.6) is 0 Å². The van der Waals surface area contributed by atoms with Crippen molar-refractivity contribution in [1.29, 1.82) is 0 Å². The summed E-state index contributed by atoms with van der Waals surface area (Å²) in [5, 5.41) is 7.01. The Morgan fingerprint density at radius 2 is 1.76 bits per heavy atom. The highest BCUT2D eigenvalue weighted by atomic mass is 19.1. The molecule has 8 heteroatoms. The van der Waals surface area contributed by atoms with Crippen molar-refractivity contribution in [3.05, 3.63) is 65.5 Å². The van der Waals surface area contributed by atoms with Gasteiger partial charge in [0.15, 0.2) is 0 Å². The number of piperidine rings is 1. The first-order valence-electron chi connectivity index (χ1n) is 11.1. The van der Waals surface area contributed by atoms with Crippen LogP contribution in [0.2, 0.25) is 0 Å². The predicted octanol–water partition coefficient (Wildman–Crippen LogP) is 3.45. The number of nitrogens with one attached hydrogen (secondary N) is 1. The standard InChI is InChI=1S/C25H21FN4O3/c26-19-11-17-15(13-29(25(17)33)21-8-9-23(31)27-24(21)32)10-18(19)20-12-22(14-4-2-1-3-5-14)30(28-20)16-6-7-16/h1-5,10-12,16,21H,6-9,13H2,(H,27,31,32). The highest BCUT2D eigenvalue weighted by Gasteiger charge is 2.40. The molecule has 1 unspecified atom stereocenters. The summed E-state index contributed by atoms with van der Waals surface area (Å²) >= 11 is 0. The first-order chi connectivity index (χ1) is 16.0. The van der Waals surface area contributed by atoms with E-state index in [1.807, 2.05) is 41.1 Å². The summed E-state index contributed by atoms with van der Waals surface area (Å²) in [5.74, 6) is -1.73. The number of imide groups is 1. The minimum absolute atomic E-state index is 0.178. The van der Waals surface area contributed by atoms with Gasteiger partial charge in [0, 0.05) is 24.1 Å². The smallest absolute Gasteiger partial charge is 0.255 e. The van der Waals surface area contributed by atoms with E-state index in [-0.39, 0.29) is 30.9 Å². The number of halogens is 1. The van der Waals surface area contributed by atoms with Crippen LogP contribution in [0.25, 0.3) is 22.5 Å². The molecule has 7 nitrogen and oxygen atoms in total. The highest BCUT2D eigenvalue weighted by Crippen LogP contribution is 2.40. The van der Waals surface area contributed by atoms with E-state index in [2.05, 4.69) is 5.32 Å². The first-order valence-corrected chi connectivity index (χ1v) is 11.1. The molecular weight excluding hydrogens is 423 g/mol. The van der Waals surface area contributed by atoms with Crippen LogP contribution in [-0.2, 0) is 16.1 Å². The quantitative estimate of drug-likeness (QED) is 0.625. The molecule has 1 N–H and O–H groups in total. The number of fused-ring (bicyclic) bond motifs is 1. The second-order valence-electron chi connectivity index (χ2n) is 8.85. The number of amides is 3. The predicted molar refractivity (Wildman–Crippen MR) is 117 cm³/mol. The number of hydrogen-bond donors (Lipinski definition) is 1. The molecule has 2 aliphatic heterocycles.